The van der Waals surface area contributed by atoms with E-state index in [-0.39, 0.29) is 11.3 Å². The smallest absolute Gasteiger partial charge is 0.338 e. The fourth-order valence-corrected chi connectivity index (χ4v) is 2.62. The first-order valence-corrected chi connectivity index (χ1v) is 9.18. The Hall–Kier alpha value is -2.86. The summed E-state index contributed by atoms with van der Waals surface area (Å²) in [7, 11) is 0. The molecule has 0 unspecified atom stereocenters. The SMILES string of the molecule is C=C(C)C(=O)Oc1ccc(-c2ccc(OC(=O)C(=C)C)c(SC)c2)cc1F. The van der Waals surface area contributed by atoms with Gasteiger partial charge in [0.05, 0.1) is 4.90 Å². The Labute approximate surface area is 161 Å². The fourth-order valence-electron chi connectivity index (χ4n) is 2.07. The highest BCUT2D eigenvalue weighted by atomic mass is 32.2. The molecule has 0 amide bonds. The molecule has 0 saturated heterocycles. The van der Waals surface area contributed by atoms with E-state index in [4.69, 9.17) is 9.47 Å². The van der Waals surface area contributed by atoms with Crippen LogP contribution in [0.2, 0.25) is 0 Å². The number of thioether (sulfide) groups is 1. The van der Waals surface area contributed by atoms with Crippen LogP contribution in [0.4, 0.5) is 4.39 Å². The predicted molar refractivity (Wildman–Crippen MR) is 105 cm³/mol. The van der Waals surface area contributed by atoms with Crippen LogP contribution in [0, 0.1) is 5.82 Å². The second-order valence-electron chi connectivity index (χ2n) is 5.85. The van der Waals surface area contributed by atoms with E-state index in [0.29, 0.717) is 16.9 Å². The Bertz CT molecular complexity index is 934. The van der Waals surface area contributed by atoms with Crippen LogP contribution in [0.15, 0.2) is 65.6 Å². The lowest BCUT2D eigenvalue weighted by atomic mass is 10.1. The average molecular weight is 386 g/mol. The molecule has 140 valence electrons. The molecule has 0 radical (unpaired) electrons. The number of esters is 2. The number of hydrogen-bond donors (Lipinski definition) is 0. The Morgan fingerprint density at radius 2 is 1.37 bits per heavy atom. The minimum absolute atomic E-state index is 0.163. The molecule has 2 rings (SSSR count). The summed E-state index contributed by atoms with van der Waals surface area (Å²) >= 11 is 1.40. The van der Waals surface area contributed by atoms with Crippen LogP contribution < -0.4 is 9.47 Å². The van der Waals surface area contributed by atoms with E-state index in [1.807, 2.05) is 6.26 Å². The molecule has 27 heavy (non-hydrogen) atoms. The molecule has 0 spiro atoms. The van der Waals surface area contributed by atoms with Gasteiger partial charge in [0, 0.05) is 11.1 Å². The lowest BCUT2D eigenvalue weighted by molar-refractivity contribution is -0.131. The first-order valence-electron chi connectivity index (χ1n) is 7.96. The number of hydrogen-bond acceptors (Lipinski definition) is 5. The van der Waals surface area contributed by atoms with Crippen LogP contribution in [0.1, 0.15) is 13.8 Å². The van der Waals surface area contributed by atoms with Crippen molar-refractivity contribution in [2.45, 2.75) is 18.7 Å². The summed E-state index contributed by atoms with van der Waals surface area (Å²) in [5, 5.41) is 0. The minimum atomic E-state index is -0.685. The van der Waals surface area contributed by atoms with Gasteiger partial charge in [0.2, 0.25) is 0 Å². The molecule has 0 aliphatic carbocycles. The average Bonchev–Trinajstić information content (AvgIpc) is 2.63. The standard InChI is InChI=1S/C21H19FO4S/c1-12(2)20(23)25-17-8-6-14(10-16(17)22)15-7-9-18(19(11-15)27-5)26-21(24)13(3)4/h6-11H,1,3H2,2,4-5H3. The largest absolute Gasteiger partial charge is 0.422 e. The van der Waals surface area contributed by atoms with Crippen molar-refractivity contribution in [3.05, 3.63) is 66.5 Å². The molecule has 2 aromatic rings. The fraction of sp³-hybridized carbons (Fsp3) is 0.143. The second-order valence-corrected chi connectivity index (χ2v) is 6.70. The second kappa shape index (κ2) is 8.68. The van der Waals surface area contributed by atoms with Crippen molar-refractivity contribution in [3.8, 4) is 22.6 Å². The zero-order chi connectivity index (χ0) is 20.1. The highest BCUT2D eigenvalue weighted by Crippen LogP contribution is 2.34. The summed E-state index contributed by atoms with van der Waals surface area (Å²) < 4.78 is 24.5. The zero-order valence-electron chi connectivity index (χ0n) is 15.3. The molecular weight excluding hydrogens is 367 g/mol. The maximum Gasteiger partial charge on any atom is 0.338 e. The van der Waals surface area contributed by atoms with Gasteiger partial charge in [0.15, 0.2) is 11.6 Å². The molecule has 0 atom stereocenters. The zero-order valence-corrected chi connectivity index (χ0v) is 16.1. The van der Waals surface area contributed by atoms with Crippen LogP contribution >= 0.6 is 11.8 Å². The normalized spacial score (nSPS) is 10.2. The van der Waals surface area contributed by atoms with Crippen LogP contribution in [0.5, 0.6) is 11.5 Å². The van der Waals surface area contributed by atoms with Crippen LogP contribution in [0.25, 0.3) is 11.1 Å². The molecule has 4 nitrogen and oxygen atoms in total. The minimum Gasteiger partial charge on any atom is -0.422 e. The number of ether oxygens (including phenoxy) is 2. The van der Waals surface area contributed by atoms with E-state index in [1.165, 1.54) is 30.8 Å². The van der Waals surface area contributed by atoms with Crippen molar-refractivity contribution >= 4 is 23.7 Å². The number of rotatable bonds is 6. The van der Waals surface area contributed by atoms with E-state index in [2.05, 4.69) is 13.2 Å². The molecular formula is C21H19FO4S. The van der Waals surface area contributed by atoms with Crippen LogP contribution in [-0.2, 0) is 9.59 Å². The predicted octanol–water partition coefficient (Wildman–Crippen LogP) is 5.18. The molecule has 0 bridgehead atoms. The third kappa shape index (κ3) is 5.08. The molecule has 0 saturated carbocycles. The van der Waals surface area contributed by atoms with Crippen LogP contribution in [-0.4, -0.2) is 18.2 Å². The van der Waals surface area contributed by atoms with E-state index < -0.39 is 17.8 Å². The topological polar surface area (TPSA) is 52.6 Å². The maximum absolute atomic E-state index is 14.3. The number of carbonyl (C=O) groups is 2. The van der Waals surface area contributed by atoms with E-state index in [9.17, 15) is 14.0 Å². The van der Waals surface area contributed by atoms with Gasteiger partial charge in [-0.3, -0.25) is 0 Å². The lowest BCUT2D eigenvalue weighted by Gasteiger charge is -2.11. The van der Waals surface area contributed by atoms with E-state index in [1.54, 1.807) is 31.2 Å². The Morgan fingerprint density at radius 1 is 0.889 bits per heavy atom. The van der Waals surface area contributed by atoms with Gasteiger partial charge in [-0.15, -0.1) is 11.8 Å². The van der Waals surface area contributed by atoms with Crippen LogP contribution in [0.3, 0.4) is 0 Å². The van der Waals surface area contributed by atoms with Gasteiger partial charge in [0.1, 0.15) is 5.75 Å². The number of carbonyl (C=O) groups excluding carboxylic acids is 2. The summed E-state index contributed by atoms with van der Waals surface area (Å²) in [5.74, 6) is -1.61. The van der Waals surface area contributed by atoms with Gasteiger partial charge >= 0.3 is 11.9 Å². The quantitative estimate of drug-likeness (QED) is 0.296. The third-order valence-electron chi connectivity index (χ3n) is 3.53. The van der Waals surface area contributed by atoms with Crippen molar-refractivity contribution in [2.75, 3.05) is 6.26 Å². The lowest BCUT2D eigenvalue weighted by Crippen LogP contribution is -2.09. The van der Waals surface area contributed by atoms with Crippen molar-refractivity contribution in [1.82, 2.24) is 0 Å². The summed E-state index contributed by atoms with van der Waals surface area (Å²) in [6.45, 7) is 10.1. The Balaban J connectivity index is 2.31. The van der Waals surface area contributed by atoms with Gasteiger partial charge in [-0.1, -0.05) is 25.3 Å². The van der Waals surface area contributed by atoms with Gasteiger partial charge in [-0.05, 0) is 55.5 Å². The maximum atomic E-state index is 14.3. The molecule has 0 N–H and O–H groups in total. The molecule has 0 heterocycles. The molecule has 0 aliphatic rings. The van der Waals surface area contributed by atoms with Gasteiger partial charge in [0.25, 0.3) is 0 Å². The first kappa shape index (κ1) is 20.5. The third-order valence-corrected chi connectivity index (χ3v) is 4.29. The first-order chi connectivity index (χ1) is 12.7. The summed E-state index contributed by atoms with van der Waals surface area (Å²) in [4.78, 5) is 24.0. The van der Waals surface area contributed by atoms with Gasteiger partial charge < -0.3 is 9.47 Å². The van der Waals surface area contributed by atoms with Gasteiger partial charge in [-0.25, -0.2) is 14.0 Å². The summed E-state index contributed by atoms with van der Waals surface area (Å²) in [6, 6.07) is 9.46. The summed E-state index contributed by atoms with van der Waals surface area (Å²) in [5.41, 5.74) is 1.80. The van der Waals surface area contributed by atoms with E-state index >= 15 is 0 Å². The Kier molecular flexibility index (Phi) is 6.58. The van der Waals surface area contributed by atoms with Crippen molar-refractivity contribution in [1.29, 1.82) is 0 Å². The monoisotopic (exact) mass is 386 g/mol. The van der Waals surface area contributed by atoms with Crippen molar-refractivity contribution in [3.63, 3.8) is 0 Å². The molecule has 0 aromatic heterocycles. The highest BCUT2D eigenvalue weighted by Gasteiger charge is 2.14. The molecule has 2 aromatic carbocycles. The molecule has 0 aliphatic heterocycles. The van der Waals surface area contributed by atoms with Crippen molar-refractivity contribution in [2.24, 2.45) is 0 Å². The number of halogens is 1. The van der Waals surface area contributed by atoms with Gasteiger partial charge in [-0.2, -0.15) is 0 Å². The number of benzene rings is 2. The van der Waals surface area contributed by atoms with E-state index in [0.717, 1.165) is 10.5 Å². The highest BCUT2D eigenvalue weighted by molar-refractivity contribution is 7.98. The Morgan fingerprint density at radius 3 is 1.85 bits per heavy atom. The molecule has 6 heteroatoms. The molecule has 0 fully saturated rings. The van der Waals surface area contributed by atoms with Crippen molar-refractivity contribution < 1.29 is 23.5 Å². The summed E-state index contributed by atoms with van der Waals surface area (Å²) in [6.07, 6.45) is 1.85.